The van der Waals surface area contributed by atoms with E-state index < -0.39 is 5.54 Å². The van der Waals surface area contributed by atoms with Gasteiger partial charge in [-0.05, 0) is 48.8 Å². The monoisotopic (exact) mass is 517 g/mol. The average Bonchev–Trinajstić information content (AvgIpc) is 3.53. The number of hydrogen-bond donors (Lipinski definition) is 2. The molecule has 2 unspecified atom stereocenters. The number of benzene rings is 2. The van der Waals surface area contributed by atoms with E-state index in [0.717, 1.165) is 39.5 Å². The van der Waals surface area contributed by atoms with Crippen LogP contribution >= 0.6 is 0 Å². The van der Waals surface area contributed by atoms with Crippen LogP contribution < -0.4 is 10.5 Å². The van der Waals surface area contributed by atoms with Gasteiger partial charge < -0.3 is 20.2 Å². The number of aromatic nitrogens is 2. The number of anilines is 1. The predicted molar refractivity (Wildman–Crippen MR) is 153 cm³/mol. The van der Waals surface area contributed by atoms with Crippen LogP contribution in [0.1, 0.15) is 35.9 Å². The van der Waals surface area contributed by atoms with Gasteiger partial charge >= 0.3 is 0 Å². The van der Waals surface area contributed by atoms with E-state index in [-0.39, 0.29) is 5.60 Å². The number of guanidine groups is 1. The van der Waals surface area contributed by atoms with Gasteiger partial charge in [-0.3, -0.25) is 4.90 Å². The first-order valence-corrected chi connectivity index (χ1v) is 12.7. The van der Waals surface area contributed by atoms with E-state index in [2.05, 4.69) is 35.1 Å². The lowest BCUT2D eigenvalue weighted by molar-refractivity contribution is 0.0508. The van der Waals surface area contributed by atoms with Gasteiger partial charge in [-0.1, -0.05) is 48.6 Å². The van der Waals surface area contributed by atoms with Crippen molar-refractivity contribution in [3.63, 3.8) is 0 Å². The number of allylic oxidation sites excluding steroid dienone is 3. The fourth-order valence-electron chi connectivity index (χ4n) is 5.55. The molecule has 0 radical (unpaired) electrons. The molecular formula is C30H27N7O2. The first-order chi connectivity index (χ1) is 19.0. The zero-order chi connectivity index (χ0) is 26.8. The second kappa shape index (κ2) is 8.37. The van der Waals surface area contributed by atoms with Gasteiger partial charge in [-0.2, -0.15) is 0 Å². The van der Waals surface area contributed by atoms with Crippen molar-refractivity contribution in [2.75, 3.05) is 20.0 Å². The topological polar surface area (TPSA) is 113 Å². The number of nitrogen functional groups attached to an aromatic ring is 1. The molecular weight excluding hydrogens is 490 g/mol. The minimum Gasteiger partial charge on any atom is -0.497 e. The Morgan fingerprint density at radius 3 is 2.64 bits per heavy atom. The standard InChI is InChI=1S/C30H27N7O2/c1-29(39-3)15-12-18(13-16-29)24-25(35-27(31)34-24)30(19-8-10-20(38-2)11-9-19)26-33-22-7-5-4-6-21(22)23-14-17-32-28(36-30)37(23)26/h4-15,17H,16H2,1-3H3,(H3,31,34,35). The van der Waals surface area contributed by atoms with Crippen molar-refractivity contribution >= 4 is 40.9 Å². The summed E-state index contributed by atoms with van der Waals surface area (Å²) in [4.78, 5) is 25.3. The molecule has 4 aliphatic rings. The van der Waals surface area contributed by atoms with Crippen molar-refractivity contribution in [1.29, 1.82) is 0 Å². The number of hydrogen-bond acceptors (Lipinski definition) is 8. The largest absolute Gasteiger partial charge is 0.497 e. The molecule has 3 aromatic rings. The molecule has 0 bridgehead atoms. The Hall–Kier alpha value is -4.76. The van der Waals surface area contributed by atoms with Gasteiger partial charge in [0.2, 0.25) is 5.96 Å². The van der Waals surface area contributed by atoms with Gasteiger partial charge in [0.1, 0.15) is 5.75 Å². The number of para-hydroxylation sites is 1. The second-order valence-corrected chi connectivity index (χ2v) is 10.0. The Balaban J connectivity index is 1.51. The molecule has 3 aliphatic heterocycles. The summed E-state index contributed by atoms with van der Waals surface area (Å²) >= 11 is 0. The highest BCUT2D eigenvalue weighted by molar-refractivity contribution is 6.24. The van der Waals surface area contributed by atoms with Gasteiger partial charge in [-0.25, -0.2) is 20.0 Å². The first-order valence-electron chi connectivity index (χ1n) is 12.7. The normalized spacial score (nSPS) is 24.4. The summed E-state index contributed by atoms with van der Waals surface area (Å²) in [5.41, 5.74) is 11.0. The Bertz CT molecular complexity index is 1690. The summed E-state index contributed by atoms with van der Waals surface area (Å²) in [5.74, 6) is 2.30. The number of aromatic amines is 1. The molecule has 2 atom stereocenters. The third-order valence-corrected chi connectivity index (χ3v) is 7.75. The van der Waals surface area contributed by atoms with Crippen molar-refractivity contribution < 1.29 is 9.47 Å². The second-order valence-electron chi connectivity index (χ2n) is 10.0. The van der Waals surface area contributed by atoms with Crippen LogP contribution in [-0.2, 0) is 10.3 Å². The lowest BCUT2D eigenvalue weighted by Gasteiger charge is -2.35. The lowest BCUT2D eigenvalue weighted by Crippen LogP contribution is -2.43. The highest BCUT2D eigenvalue weighted by atomic mass is 16.5. The Morgan fingerprint density at radius 2 is 1.90 bits per heavy atom. The van der Waals surface area contributed by atoms with Crippen LogP contribution in [0, 0.1) is 0 Å². The zero-order valence-electron chi connectivity index (χ0n) is 21.8. The van der Waals surface area contributed by atoms with E-state index in [0.29, 0.717) is 29.9 Å². The van der Waals surface area contributed by atoms with Gasteiger partial charge in [-0.15, -0.1) is 0 Å². The molecule has 0 spiro atoms. The van der Waals surface area contributed by atoms with Crippen molar-refractivity contribution in [1.82, 2.24) is 14.9 Å². The summed E-state index contributed by atoms with van der Waals surface area (Å²) in [7, 11) is 3.37. The highest BCUT2D eigenvalue weighted by Gasteiger charge is 2.54. The highest BCUT2D eigenvalue weighted by Crippen LogP contribution is 2.50. The van der Waals surface area contributed by atoms with Crippen LogP contribution in [0.2, 0.25) is 0 Å². The zero-order valence-corrected chi connectivity index (χ0v) is 21.8. The number of nitrogens with zero attached hydrogens (tertiary/aromatic N) is 5. The Kier molecular flexibility index (Phi) is 5.02. The number of amidine groups is 1. The number of rotatable bonds is 5. The number of imidazole rings is 1. The molecule has 0 amide bonds. The minimum atomic E-state index is -1.10. The molecule has 0 fully saturated rings. The molecule has 9 nitrogen and oxygen atoms in total. The number of aliphatic imine (C=N–C) groups is 3. The molecule has 0 saturated carbocycles. The fraction of sp³-hybridized carbons (Fsp3) is 0.200. The number of ether oxygens (including phenoxy) is 2. The third kappa shape index (κ3) is 3.36. The van der Waals surface area contributed by atoms with Crippen LogP contribution in [0.3, 0.4) is 0 Å². The van der Waals surface area contributed by atoms with E-state index in [1.54, 1.807) is 20.4 Å². The van der Waals surface area contributed by atoms with Crippen LogP contribution in [0.4, 0.5) is 11.6 Å². The number of nitrogens with one attached hydrogen (secondary N) is 1. The quantitative estimate of drug-likeness (QED) is 0.503. The van der Waals surface area contributed by atoms with Crippen LogP contribution in [-0.4, -0.2) is 52.7 Å². The third-order valence-electron chi connectivity index (χ3n) is 7.75. The molecule has 0 saturated heterocycles. The SMILES string of the molecule is COc1ccc(C2(c3[nH]c(N)nc3C3=CCC(C)(OC)C=C3)N=C3N=CC=C4c5ccccc5N=C2N43)cc1. The lowest BCUT2D eigenvalue weighted by atomic mass is 9.82. The minimum absolute atomic E-state index is 0.295. The summed E-state index contributed by atoms with van der Waals surface area (Å²) in [6, 6.07) is 15.9. The van der Waals surface area contributed by atoms with Gasteiger partial charge in [0.05, 0.1) is 35.5 Å². The number of methoxy groups -OCH3 is 2. The summed E-state index contributed by atoms with van der Waals surface area (Å²) < 4.78 is 11.2. The average molecular weight is 518 g/mol. The maximum absolute atomic E-state index is 6.36. The van der Waals surface area contributed by atoms with Crippen LogP contribution in [0.25, 0.3) is 11.3 Å². The van der Waals surface area contributed by atoms with Gasteiger partial charge in [0.15, 0.2) is 17.3 Å². The molecule has 7 rings (SSSR count). The van der Waals surface area contributed by atoms with E-state index in [1.807, 2.05) is 59.5 Å². The maximum Gasteiger partial charge on any atom is 0.232 e. The summed E-state index contributed by atoms with van der Waals surface area (Å²) in [5, 5.41) is 0. The summed E-state index contributed by atoms with van der Waals surface area (Å²) in [6.07, 6.45) is 10.7. The number of fused-ring (bicyclic) bond motifs is 2. The van der Waals surface area contributed by atoms with E-state index in [9.17, 15) is 0 Å². The van der Waals surface area contributed by atoms with Crippen molar-refractivity contribution in [2.24, 2.45) is 15.0 Å². The van der Waals surface area contributed by atoms with E-state index in [4.69, 9.17) is 30.2 Å². The number of H-pyrrole nitrogens is 1. The molecule has 3 N–H and O–H groups in total. The van der Waals surface area contributed by atoms with Crippen LogP contribution in [0.5, 0.6) is 5.75 Å². The summed E-state index contributed by atoms with van der Waals surface area (Å²) in [6.45, 7) is 2.05. The Labute approximate surface area is 225 Å². The first kappa shape index (κ1) is 23.4. The predicted octanol–water partition coefficient (Wildman–Crippen LogP) is 4.83. The smallest absolute Gasteiger partial charge is 0.232 e. The molecule has 194 valence electrons. The van der Waals surface area contributed by atoms with Gasteiger partial charge in [0, 0.05) is 18.9 Å². The molecule has 2 aromatic carbocycles. The van der Waals surface area contributed by atoms with Crippen molar-refractivity contribution in [2.45, 2.75) is 24.5 Å². The molecule has 1 aliphatic carbocycles. The molecule has 4 heterocycles. The van der Waals surface area contributed by atoms with E-state index >= 15 is 0 Å². The maximum atomic E-state index is 6.36. The molecule has 1 aromatic heterocycles. The molecule has 39 heavy (non-hydrogen) atoms. The van der Waals surface area contributed by atoms with E-state index in [1.165, 1.54) is 0 Å². The molecule has 9 heteroatoms. The van der Waals surface area contributed by atoms with Crippen molar-refractivity contribution in [3.05, 3.63) is 95.3 Å². The van der Waals surface area contributed by atoms with Gasteiger partial charge in [0.25, 0.3) is 0 Å². The van der Waals surface area contributed by atoms with Crippen molar-refractivity contribution in [3.8, 4) is 5.75 Å². The fourth-order valence-corrected chi connectivity index (χ4v) is 5.55. The number of nitrogens with two attached hydrogens (primary N) is 1. The Morgan fingerprint density at radius 1 is 1.08 bits per heavy atom. The van der Waals surface area contributed by atoms with Crippen LogP contribution in [0.15, 0.2) is 87.8 Å².